The summed E-state index contributed by atoms with van der Waals surface area (Å²) in [5.74, 6) is 0. The Morgan fingerprint density at radius 3 is 2.38 bits per heavy atom. The molecule has 0 spiro atoms. The van der Waals surface area contributed by atoms with Gasteiger partial charge in [-0.2, -0.15) is 0 Å². The molecule has 2 aromatic carbocycles. The van der Waals surface area contributed by atoms with Gasteiger partial charge in [-0.05, 0) is 49.2 Å². The van der Waals surface area contributed by atoms with Gasteiger partial charge in [0.1, 0.15) is 0 Å². The van der Waals surface area contributed by atoms with Gasteiger partial charge in [0.05, 0.1) is 5.69 Å². The summed E-state index contributed by atoms with van der Waals surface area (Å²) < 4.78 is 1.02. The first-order valence-corrected chi connectivity index (χ1v) is 9.04. The van der Waals surface area contributed by atoms with Crippen molar-refractivity contribution < 1.29 is 4.79 Å². The van der Waals surface area contributed by atoms with Crippen LogP contribution in [-0.4, -0.2) is 11.0 Å². The predicted molar refractivity (Wildman–Crippen MR) is 104 cm³/mol. The van der Waals surface area contributed by atoms with Crippen molar-refractivity contribution in [2.45, 2.75) is 13.8 Å². The Labute approximate surface area is 153 Å². The highest BCUT2D eigenvalue weighted by Gasteiger charge is 2.08. The molecule has 1 aromatic heterocycles. The van der Waals surface area contributed by atoms with E-state index in [1.165, 1.54) is 11.3 Å². The van der Waals surface area contributed by atoms with Gasteiger partial charge in [0.15, 0.2) is 5.13 Å². The molecule has 3 rings (SSSR count). The molecule has 0 atom stereocenters. The van der Waals surface area contributed by atoms with E-state index < -0.39 is 0 Å². The Morgan fingerprint density at radius 1 is 1.04 bits per heavy atom. The summed E-state index contributed by atoms with van der Waals surface area (Å²) in [4.78, 5) is 16.6. The molecule has 2 N–H and O–H groups in total. The second-order valence-electron chi connectivity index (χ2n) is 5.50. The fraction of sp³-hybridized carbons (Fsp3) is 0.111. The van der Waals surface area contributed by atoms with Gasteiger partial charge in [-0.1, -0.05) is 34.1 Å². The molecule has 0 saturated carbocycles. The van der Waals surface area contributed by atoms with E-state index in [1.807, 2.05) is 55.6 Å². The average Bonchev–Trinajstić information content (AvgIpc) is 2.95. The molecular weight excluding hydrogens is 386 g/mol. The topological polar surface area (TPSA) is 54.0 Å². The van der Waals surface area contributed by atoms with Gasteiger partial charge < -0.3 is 5.32 Å². The summed E-state index contributed by atoms with van der Waals surface area (Å²) >= 11 is 4.81. The Kier molecular flexibility index (Phi) is 4.97. The molecular formula is C18H16BrN3OS. The molecule has 0 radical (unpaired) electrons. The van der Waals surface area contributed by atoms with Crippen molar-refractivity contribution in [3.63, 3.8) is 0 Å². The molecule has 0 aliphatic rings. The third-order valence-electron chi connectivity index (χ3n) is 3.34. The summed E-state index contributed by atoms with van der Waals surface area (Å²) in [6, 6.07) is 13.5. The molecule has 2 amide bonds. The number of amides is 2. The normalized spacial score (nSPS) is 10.5. The van der Waals surface area contributed by atoms with Crippen LogP contribution in [0.25, 0.3) is 11.3 Å². The third-order valence-corrected chi connectivity index (χ3v) is 4.63. The minimum Gasteiger partial charge on any atom is -0.308 e. The summed E-state index contributed by atoms with van der Waals surface area (Å²) in [5, 5.41) is 8.11. The second-order valence-corrected chi connectivity index (χ2v) is 7.27. The first-order valence-electron chi connectivity index (χ1n) is 7.37. The van der Waals surface area contributed by atoms with E-state index in [-0.39, 0.29) is 6.03 Å². The highest BCUT2D eigenvalue weighted by Crippen LogP contribution is 2.26. The smallest absolute Gasteiger partial charge is 0.308 e. The third kappa shape index (κ3) is 4.21. The molecule has 0 bridgehead atoms. The number of nitrogens with zero attached hydrogens (tertiary/aromatic N) is 1. The van der Waals surface area contributed by atoms with Crippen LogP contribution in [-0.2, 0) is 0 Å². The van der Waals surface area contributed by atoms with Gasteiger partial charge >= 0.3 is 6.03 Å². The minimum absolute atomic E-state index is 0.295. The molecule has 0 aliphatic heterocycles. The van der Waals surface area contributed by atoms with Crippen molar-refractivity contribution >= 4 is 44.1 Å². The number of hydrogen-bond donors (Lipinski definition) is 2. The van der Waals surface area contributed by atoms with Gasteiger partial charge in [-0.15, -0.1) is 11.3 Å². The summed E-state index contributed by atoms with van der Waals surface area (Å²) in [5.41, 5.74) is 4.84. The number of anilines is 2. The minimum atomic E-state index is -0.295. The van der Waals surface area contributed by atoms with E-state index in [0.29, 0.717) is 5.13 Å². The number of carbonyl (C=O) groups excluding carboxylic acids is 1. The van der Waals surface area contributed by atoms with E-state index >= 15 is 0 Å². The molecule has 0 fully saturated rings. The SMILES string of the molecule is Cc1cc(C)cc(NC(=O)Nc2nc(-c3ccc(Br)cc3)cs2)c1. The number of urea groups is 1. The maximum absolute atomic E-state index is 12.1. The molecule has 0 aliphatic carbocycles. The van der Waals surface area contributed by atoms with E-state index in [2.05, 4.69) is 37.6 Å². The maximum atomic E-state index is 12.1. The Balaban J connectivity index is 1.68. The molecule has 0 unspecified atom stereocenters. The van der Waals surface area contributed by atoms with Crippen molar-refractivity contribution in [1.29, 1.82) is 0 Å². The van der Waals surface area contributed by atoms with Crippen molar-refractivity contribution in [3.05, 3.63) is 63.4 Å². The monoisotopic (exact) mass is 401 g/mol. The summed E-state index contributed by atoms with van der Waals surface area (Å²) in [6.45, 7) is 4.00. The number of carbonyl (C=O) groups is 1. The molecule has 3 aromatic rings. The zero-order valence-electron chi connectivity index (χ0n) is 13.3. The van der Waals surface area contributed by atoms with Crippen LogP contribution in [0.4, 0.5) is 15.6 Å². The lowest BCUT2D eigenvalue weighted by molar-refractivity contribution is 0.262. The zero-order valence-corrected chi connectivity index (χ0v) is 15.7. The number of rotatable bonds is 3. The fourth-order valence-corrected chi connectivity index (χ4v) is 3.37. The molecule has 1 heterocycles. The van der Waals surface area contributed by atoms with Crippen LogP contribution in [0.5, 0.6) is 0 Å². The first kappa shape index (κ1) is 16.7. The Hall–Kier alpha value is -2.18. The fourth-order valence-electron chi connectivity index (χ4n) is 2.39. The highest BCUT2D eigenvalue weighted by molar-refractivity contribution is 9.10. The quantitative estimate of drug-likeness (QED) is 0.579. The van der Waals surface area contributed by atoms with E-state index in [9.17, 15) is 4.79 Å². The van der Waals surface area contributed by atoms with E-state index in [4.69, 9.17) is 0 Å². The zero-order chi connectivity index (χ0) is 17.1. The number of aromatic nitrogens is 1. The number of benzene rings is 2. The average molecular weight is 402 g/mol. The van der Waals surface area contributed by atoms with Crippen LogP contribution in [0.2, 0.25) is 0 Å². The highest BCUT2D eigenvalue weighted by atomic mass is 79.9. The van der Waals surface area contributed by atoms with Crippen molar-refractivity contribution in [3.8, 4) is 11.3 Å². The van der Waals surface area contributed by atoms with Gasteiger partial charge in [-0.25, -0.2) is 9.78 Å². The van der Waals surface area contributed by atoms with Crippen LogP contribution in [0.1, 0.15) is 11.1 Å². The van der Waals surface area contributed by atoms with Crippen LogP contribution in [0, 0.1) is 13.8 Å². The lowest BCUT2D eigenvalue weighted by Gasteiger charge is -2.07. The van der Waals surface area contributed by atoms with Crippen LogP contribution >= 0.6 is 27.3 Å². The van der Waals surface area contributed by atoms with E-state index in [0.717, 1.165) is 32.5 Å². The molecule has 4 nitrogen and oxygen atoms in total. The molecule has 122 valence electrons. The van der Waals surface area contributed by atoms with Gasteiger partial charge in [0, 0.05) is 21.1 Å². The predicted octanol–water partition coefficient (Wildman–Crippen LogP) is 5.83. The largest absolute Gasteiger partial charge is 0.325 e. The standard InChI is InChI=1S/C18H16BrN3OS/c1-11-7-12(2)9-15(8-11)20-17(23)22-18-21-16(10-24-18)13-3-5-14(19)6-4-13/h3-10H,1-2H3,(H2,20,21,22,23). The van der Waals surface area contributed by atoms with Crippen molar-refractivity contribution in [2.24, 2.45) is 0 Å². The number of aryl methyl sites for hydroxylation is 2. The summed E-state index contributed by atoms with van der Waals surface area (Å²) in [7, 11) is 0. The van der Waals surface area contributed by atoms with Crippen LogP contribution in [0.15, 0.2) is 52.3 Å². The Bertz CT molecular complexity index is 854. The lowest BCUT2D eigenvalue weighted by atomic mass is 10.1. The van der Waals surface area contributed by atoms with Gasteiger partial charge in [-0.3, -0.25) is 5.32 Å². The first-order chi connectivity index (χ1) is 11.5. The lowest BCUT2D eigenvalue weighted by Crippen LogP contribution is -2.19. The number of thiazole rings is 1. The number of nitrogens with one attached hydrogen (secondary N) is 2. The maximum Gasteiger partial charge on any atom is 0.325 e. The van der Waals surface area contributed by atoms with Crippen molar-refractivity contribution in [1.82, 2.24) is 4.98 Å². The van der Waals surface area contributed by atoms with Crippen molar-refractivity contribution in [2.75, 3.05) is 10.6 Å². The van der Waals surface area contributed by atoms with Crippen LogP contribution in [0.3, 0.4) is 0 Å². The summed E-state index contributed by atoms with van der Waals surface area (Å²) in [6.07, 6.45) is 0. The van der Waals surface area contributed by atoms with Gasteiger partial charge in [0.25, 0.3) is 0 Å². The Morgan fingerprint density at radius 2 is 1.71 bits per heavy atom. The number of hydrogen-bond acceptors (Lipinski definition) is 3. The molecule has 0 saturated heterocycles. The molecule has 24 heavy (non-hydrogen) atoms. The van der Waals surface area contributed by atoms with Gasteiger partial charge in [0.2, 0.25) is 0 Å². The number of halogens is 1. The van der Waals surface area contributed by atoms with E-state index in [1.54, 1.807) is 0 Å². The molecule has 6 heteroatoms. The van der Waals surface area contributed by atoms with Crippen LogP contribution < -0.4 is 10.6 Å². The second kappa shape index (κ2) is 7.15.